The molecule has 1 fully saturated rings. The Bertz CT molecular complexity index is 452. The van der Waals surface area contributed by atoms with Gasteiger partial charge in [-0.25, -0.2) is 0 Å². The predicted molar refractivity (Wildman–Crippen MR) is 81.8 cm³/mol. The van der Waals surface area contributed by atoms with Gasteiger partial charge in [0.2, 0.25) is 0 Å². The molecule has 2 rings (SSSR count). The lowest BCUT2D eigenvalue weighted by Crippen LogP contribution is -2.57. The van der Waals surface area contributed by atoms with Crippen LogP contribution in [0.2, 0.25) is 0 Å². The van der Waals surface area contributed by atoms with E-state index in [1.807, 2.05) is 31.2 Å². The quantitative estimate of drug-likeness (QED) is 0.922. The zero-order valence-corrected chi connectivity index (χ0v) is 13.3. The largest absolute Gasteiger partial charge is 0.387 e. The van der Waals surface area contributed by atoms with Gasteiger partial charge in [-0.15, -0.1) is 0 Å². The lowest BCUT2D eigenvalue weighted by Gasteiger charge is -2.47. The van der Waals surface area contributed by atoms with Crippen molar-refractivity contribution in [2.75, 3.05) is 19.6 Å². The lowest BCUT2D eigenvalue weighted by molar-refractivity contribution is -0.183. The van der Waals surface area contributed by atoms with Gasteiger partial charge < -0.3 is 9.84 Å². The van der Waals surface area contributed by atoms with Crippen LogP contribution in [0.3, 0.4) is 0 Å². The maximum atomic E-state index is 10.5. The summed E-state index contributed by atoms with van der Waals surface area (Å²) in [4.78, 5) is 2.31. The molecule has 1 atom stereocenters. The molecule has 1 aromatic carbocycles. The van der Waals surface area contributed by atoms with Crippen molar-refractivity contribution < 1.29 is 9.84 Å². The number of hydrogen-bond donors (Lipinski definition) is 1. The van der Waals surface area contributed by atoms with Crippen LogP contribution in [0.4, 0.5) is 0 Å². The number of β-amino-alcohol motifs (C(OH)–C–C–N with tert-alkyl or cyclic N) is 1. The van der Waals surface area contributed by atoms with Crippen molar-refractivity contribution in [3.63, 3.8) is 0 Å². The van der Waals surface area contributed by atoms with Crippen LogP contribution in [-0.4, -0.2) is 40.8 Å². The standard InChI is InChI=1S/C17H27NO2/c1-13-8-6-7-9-14(13)15(19)10-18-11-16(2,3)20-17(4,5)12-18/h6-9,15,19H,10-12H2,1-5H3. The number of nitrogens with zero attached hydrogens (tertiary/aromatic N) is 1. The molecule has 1 unspecified atom stereocenters. The van der Waals surface area contributed by atoms with Crippen LogP contribution in [0.15, 0.2) is 24.3 Å². The number of ether oxygens (including phenoxy) is 1. The van der Waals surface area contributed by atoms with Crippen LogP contribution in [-0.2, 0) is 4.74 Å². The molecule has 1 aliphatic heterocycles. The van der Waals surface area contributed by atoms with Crippen LogP contribution in [0, 0.1) is 6.92 Å². The molecule has 20 heavy (non-hydrogen) atoms. The highest BCUT2D eigenvalue weighted by Gasteiger charge is 2.38. The van der Waals surface area contributed by atoms with Gasteiger partial charge in [-0.2, -0.15) is 0 Å². The zero-order valence-electron chi connectivity index (χ0n) is 13.3. The summed E-state index contributed by atoms with van der Waals surface area (Å²) in [6.07, 6.45) is -0.444. The van der Waals surface area contributed by atoms with Crippen molar-refractivity contribution in [1.82, 2.24) is 4.90 Å². The Labute approximate surface area is 122 Å². The summed E-state index contributed by atoms with van der Waals surface area (Å²) < 4.78 is 6.08. The molecule has 112 valence electrons. The lowest BCUT2D eigenvalue weighted by atomic mass is 9.97. The Morgan fingerprint density at radius 2 is 1.70 bits per heavy atom. The van der Waals surface area contributed by atoms with Gasteiger partial charge in [0.1, 0.15) is 0 Å². The minimum Gasteiger partial charge on any atom is -0.387 e. The first-order chi connectivity index (χ1) is 9.19. The second kappa shape index (κ2) is 5.47. The van der Waals surface area contributed by atoms with E-state index in [2.05, 4.69) is 32.6 Å². The number of hydrogen-bond acceptors (Lipinski definition) is 3. The molecule has 3 nitrogen and oxygen atoms in total. The minimum absolute atomic E-state index is 0.173. The van der Waals surface area contributed by atoms with E-state index in [0.717, 1.165) is 24.2 Å². The third kappa shape index (κ3) is 3.81. The molecule has 1 aromatic rings. The molecule has 0 saturated carbocycles. The molecular weight excluding hydrogens is 250 g/mol. The second-order valence-corrected chi connectivity index (χ2v) is 7.16. The molecule has 0 radical (unpaired) electrons. The van der Waals surface area contributed by atoms with E-state index in [1.165, 1.54) is 0 Å². The first-order valence-electron chi connectivity index (χ1n) is 7.35. The van der Waals surface area contributed by atoms with Crippen molar-refractivity contribution in [3.8, 4) is 0 Å². The number of aliphatic hydroxyl groups excluding tert-OH is 1. The average Bonchev–Trinajstić information content (AvgIpc) is 2.24. The summed E-state index contributed by atoms with van der Waals surface area (Å²) in [6.45, 7) is 12.8. The highest BCUT2D eigenvalue weighted by atomic mass is 16.5. The molecule has 0 bridgehead atoms. The molecule has 0 aromatic heterocycles. The Balaban J connectivity index is 2.08. The zero-order chi connectivity index (χ0) is 15.0. The average molecular weight is 277 g/mol. The van der Waals surface area contributed by atoms with Gasteiger partial charge in [0.05, 0.1) is 17.3 Å². The van der Waals surface area contributed by atoms with Gasteiger partial charge in [0.25, 0.3) is 0 Å². The minimum atomic E-state index is -0.444. The summed E-state index contributed by atoms with van der Waals surface area (Å²) in [5, 5.41) is 10.5. The fourth-order valence-electron chi connectivity index (χ4n) is 3.38. The molecule has 0 amide bonds. The molecule has 3 heteroatoms. The summed E-state index contributed by atoms with van der Waals surface area (Å²) in [7, 11) is 0. The van der Waals surface area contributed by atoms with E-state index < -0.39 is 6.10 Å². The summed E-state index contributed by atoms with van der Waals surface area (Å²) in [5.41, 5.74) is 1.82. The third-order valence-electron chi connectivity index (χ3n) is 3.74. The number of aryl methyl sites for hydroxylation is 1. The van der Waals surface area contributed by atoms with E-state index in [1.54, 1.807) is 0 Å². The fraction of sp³-hybridized carbons (Fsp3) is 0.647. The van der Waals surface area contributed by atoms with E-state index in [9.17, 15) is 5.11 Å². The first kappa shape index (κ1) is 15.5. The van der Waals surface area contributed by atoms with Gasteiger partial charge in [-0.1, -0.05) is 24.3 Å². The van der Waals surface area contributed by atoms with Crippen LogP contribution < -0.4 is 0 Å². The molecule has 0 spiro atoms. The van der Waals surface area contributed by atoms with E-state index in [-0.39, 0.29) is 11.2 Å². The molecule has 0 aliphatic carbocycles. The predicted octanol–water partition coefficient (Wildman–Crippen LogP) is 2.92. The van der Waals surface area contributed by atoms with Crippen LogP contribution in [0.1, 0.15) is 44.9 Å². The van der Waals surface area contributed by atoms with Crippen molar-refractivity contribution in [2.45, 2.75) is 51.9 Å². The van der Waals surface area contributed by atoms with Crippen molar-refractivity contribution in [3.05, 3.63) is 35.4 Å². The molecule has 1 N–H and O–H groups in total. The molecule has 1 aliphatic rings. The van der Waals surface area contributed by atoms with Crippen molar-refractivity contribution in [2.24, 2.45) is 0 Å². The van der Waals surface area contributed by atoms with E-state index in [0.29, 0.717) is 6.54 Å². The normalized spacial score (nSPS) is 23.5. The molecule has 1 heterocycles. The molecule has 1 saturated heterocycles. The van der Waals surface area contributed by atoms with Gasteiger partial charge in [-0.3, -0.25) is 4.90 Å². The van der Waals surface area contributed by atoms with Crippen LogP contribution in [0.25, 0.3) is 0 Å². The van der Waals surface area contributed by atoms with Crippen LogP contribution >= 0.6 is 0 Å². The fourth-order valence-corrected chi connectivity index (χ4v) is 3.38. The van der Waals surface area contributed by atoms with E-state index >= 15 is 0 Å². The summed E-state index contributed by atoms with van der Waals surface area (Å²) in [5.74, 6) is 0. The third-order valence-corrected chi connectivity index (χ3v) is 3.74. The van der Waals surface area contributed by atoms with Gasteiger partial charge in [0, 0.05) is 19.6 Å². The number of rotatable bonds is 3. The highest BCUT2D eigenvalue weighted by molar-refractivity contribution is 5.27. The SMILES string of the molecule is Cc1ccccc1C(O)CN1CC(C)(C)OC(C)(C)C1. The van der Waals surface area contributed by atoms with E-state index in [4.69, 9.17) is 4.74 Å². The summed E-state index contributed by atoms with van der Waals surface area (Å²) >= 11 is 0. The first-order valence-corrected chi connectivity index (χ1v) is 7.35. The summed E-state index contributed by atoms with van der Waals surface area (Å²) in [6, 6.07) is 8.05. The second-order valence-electron chi connectivity index (χ2n) is 7.16. The Morgan fingerprint density at radius 1 is 1.15 bits per heavy atom. The number of morpholine rings is 1. The van der Waals surface area contributed by atoms with Crippen LogP contribution in [0.5, 0.6) is 0 Å². The molecular formula is C17H27NO2. The Kier molecular flexibility index (Phi) is 4.24. The monoisotopic (exact) mass is 277 g/mol. The maximum absolute atomic E-state index is 10.5. The highest BCUT2D eigenvalue weighted by Crippen LogP contribution is 2.29. The topological polar surface area (TPSA) is 32.7 Å². The van der Waals surface area contributed by atoms with Gasteiger partial charge in [-0.05, 0) is 45.7 Å². The van der Waals surface area contributed by atoms with Gasteiger partial charge >= 0.3 is 0 Å². The number of benzene rings is 1. The van der Waals surface area contributed by atoms with Crippen molar-refractivity contribution >= 4 is 0 Å². The Hall–Kier alpha value is -0.900. The number of aliphatic hydroxyl groups is 1. The smallest absolute Gasteiger partial charge is 0.0919 e. The van der Waals surface area contributed by atoms with Crippen molar-refractivity contribution in [1.29, 1.82) is 0 Å². The maximum Gasteiger partial charge on any atom is 0.0919 e. The van der Waals surface area contributed by atoms with Gasteiger partial charge in [0.15, 0.2) is 0 Å². The Morgan fingerprint density at radius 3 is 2.25 bits per heavy atom.